The zero-order valence-corrected chi connectivity index (χ0v) is 11.5. The molecule has 5 heteroatoms. The van der Waals surface area contributed by atoms with Crippen molar-refractivity contribution in [3.05, 3.63) is 29.3 Å². The highest BCUT2D eigenvalue weighted by Gasteiger charge is 2.10. The summed E-state index contributed by atoms with van der Waals surface area (Å²) in [4.78, 5) is 22.8. The van der Waals surface area contributed by atoms with Gasteiger partial charge in [-0.15, -0.1) is 0 Å². The fraction of sp³-hybridized carbons (Fsp3) is 0.429. The predicted octanol–water partition coefficient (Wildman–Crippen LogP) is 1.82. The Balaban J connectivity index is 2.45. The van der Waals surface area contributed by atoms with Crippen molar-refractivity contribution in [2.24, 2.45) is 0 Å². The molecular formula is C14H19NO4. The molecule has 0 bridgehead atoms. The van der Waals surface area contributed by atoms with Crippen molar-refractivity contribution in [1.29, 1.82) is 0 Å². The van der Waals surface area contributed by atoms with E-state index >= 15 is 0 Å². The van der Waals surface area contributed by atoms with Crippen LogP contribution in [0.4, 0.5) is 5.69 Å². The third-order valence-corrected chi connectivity index (χ3v) is 2.53. The fourth-order valence-electron chi connectivity index (χ4n) is 1.56. The molecule has 1 amide bonds. The zero-order valence-electron chi connectivity index (χ0n) is 11.5. The Morgan fingerprint density at radius 2 is 1.79 bits per heavy atom. The minimum Gasteiger partial charge on any atom is -0.454 e. The van der Waals surface area contributed by atoms with Crippen molar-refractivity contribution in [2.45, 2.75) is 20.8 Å². The second-order valence-electron chi connectivity index (χ2n) is 4.11. The zero-order chi connectivity index (χ0) is 14.3. The summed E-state index contributed by atoms with van der Waals surface area (Å²) in [5.41, 5.74) is 2.69. The molecule has 0 heterocycles. The van der Waals surface area contributed by atoms with E-state index in [9.17, 15) is 9.59 Å². The molecule has 0 fully saturated rings. The van der Waals surface area contributed by atoms with Crippen LogP contribution in [0, 0.1) is 13.8 Å². The first-order chi connectivity index (χ1) is 9.04. The lowest BCUT2D eigenvalue weighted by molar-refractivity contribution is -0.151. The maximum absolute atomic E-state index is 11.7. The van der Waals surface area contributed by atoms with Crippen LogP contribution in [0.15, 0.2) is 18.2 Å². The van der Waals surface area contributed by atoms with Gasteiger partial charge < -0.3 is 14.8 Å². The second kappa shape index (κ2) is 7.53. The van der Waals surface area contributed by atoms with Gasteiger partial charge in [-0.05, 0) is 31.9 Å². The molecule has 0 atom stereocenters. The maximum atomic E-state index is 11.7. The van der Waals surface area contributed by atoms with E-state index in [0.717, 1.165) is 16.8 Å². The minimum atomic E-state index is -0.543. The molecule has 0 saturated heterocycles. The van der Waals surface area contributed by atoms with Gasteiger partial charge in [-0.1, -0.05) is 18.2 Å². The number of rotatable bonds is 6. The first-order valence-corrected chi connectivity index (χ1v) is 6.14. The summed E-state index contributed by atoms with van der Waals surface area (Å²) in [6, 6.07) is 5.73. The van der Waals surface area contributed by atoms with Gasteiger partial charge in [-0.2, -0.15) is 0 Å². The molecule has 0 unspecified atom stereocenters. The molecule has 0 radical (unpaired) electrons. The Hall–Kier alpha value is -1.88. The number of carbonyl (C=O) groups excluding carboxylic acids is 2. The molecule has 1 rings (SSSR count). The molecule has 19 heavy (non-hydrogen) atoms. The quantitative estimate of drug-likeness (QED) is 0.797. The van der Waals surface area contributed by atoms with Crippen molar-refractivity contribution in [3.63, 3.8) is 0 Å². The van der Waals surface area contributed by atoms with Crippen LogP contribution in [0.1, 0.15) is 18.1 Å². The van der Waals surface area contributed by atoms with E-state index in [-0.39, 0.29) is 19.1 Å². The number of para-hydroxylation sites is 1. The highest BCUT2D eigenvalue weighted by atomic mass is 16.6. The Morgan fingerprint density at radius 3 is 2.37 bits per heavy atom. The number of anilines is 1. The van der Waals surface area contributed by atoms with E-state index in [1.807, 2.05) is 32.0 Å². The first-order valence-electron chi connectivity index (χ1n) is 6.14. The van der Waals surface area contributed by atoms with Crippen molar-refractivity contribution in [2.75, 3.05) is 25.1 Å². The Morgan fingerprint density at radius 1 is 1.16 bits per heavy atom. The summed E-state index contributed by atoms with van der Waals surface area (Å²) in [5, 5.41) is 2.73. The van der Waals surface area contributed by atoms with Gasteiger partial charge in [0.25, 0.3) is 5.91 Å². The number of aryl methyl sites for hydroxylation is 2. The van der Waals surface area contributed by atoms with E-state index in [0.29, 0.717) is 6.61 Å². The number of amides is 1. The molecule has 5 nitrogen and oxygen atoms in total. The molecule has 0 spiro atoms. The standard InChI is InChI=1S/C14H19NO4/c1-4-18-9-13(17)19-8-12(16)15-14-10(2)6-5-7-11(14)3/h5-7H,4,8-9H2,1-3H3,(H,15,16). The van der Waals surface area contributed by atoms with Gasteiger partial charge in [0.1, 0.15) is 6.61 Å². The summed E-state index contributed by atoms with van der Waals surface area (Å²) < 4.78 is 9.66. The van der Waals surface area contributed by atoms with Crippen molar-refractivity contribution < 1.29 is 19.1 Å². The summed E-state index contributed by atoms with van der Waals surface area (Å²) in [5.74, 6) is -0.902. The normalized spacial score (nSPS) is 10.1. The number of esters is 1. The fourth-order valence-corrected chi connectivity index (χ4v) is 1.56. The van der Waals surface area contributed by atoms with Crippen LogP contribution in [0.25, 0.3) is 0 Å². The number of ether oxygens (including phenoxy) is 2. The lowest BCUT2D eigenvalue weighted by atomic mass is 10.1. The number of benzene rings is 1. The lowest BCUT2D eigenvalue weighted by Crippen LogP contribution is -2.23. The van der Waals surface area contributed by atoms with Gasteiger partial charge in [0.15, 0.2) is 6.61 Å². The minimum absolute atomic E-state index is 0.132. The molecule has 0 saturated carbocycles. The molecule has 0 aliphatic carbocycles. The SMILES string of the molecule is CCOCC(=O)OCC(=O)Nc1c(C)cccc1C. The van der Waals surface area contributed by atoms with Gasteiger partial charge in [-0.3, -0.25) is 4.79 Å². The molecule has 0 aliphatic heterocycles. The summed E-state index contributed by atoms with van der Waals surface area (Å²) in [6.45, 7) is 5.59. The molecular weight excluding hydrogens is 246 g/mol. The summed E-state index contributed by atoms with van der Waals surface area (Å²) in [7, 11) is 0. The van der Waals surface area contributed by atoms with Gasteiger partial charge in [0, 0.05) is 12.3 Å². The largest absolute Gasteiger partial charge is 0.454 e. The monoisotopic (exact) mass is 265 g/mol. The van der Waals surface area contributed by atoms with Gasteiger partial charge in [0.2, 0.25) is 0 Å². The van der Waals surface area contributed by atoms with Crippen LogP contribution < -0.4 is 5.32 Å². The van der Waals surface area contributed by atoms with Crippen molar-refractivity contribution >= 4 is 17.6 Å². The Bertz CT molecular complexity index is 437. The van der Waals surface area contributed by atoms with Gasteiger partial charge in [0.05, 0.1) is 0 Å². The van der Waals surface area contributed by atoms with Crippen LogP contribution >= 0.6 is 0 Å². The van der Waals surface area contributed by atoms with Gasteiger partial charge >= 0.3 is 5.97 Å². The molecule has 104 valence electrons. The Kier molecular flexibility index (Phi) is 6.02. The van der Waals surface area contributed by atoms with Crippen LogP contribution in [0.2, 0.25) is 0 Å². The molecule has 0 aromatic heterocycles. The summed E-state index contributed by atoms with van der Waals surface area (Å²) in [6.07, 6.45) is 0. The van der Waals surface area contributed by atoms with Crippen LogP contribution in [0.3, 0.4) is 0 Å². The van der Waals surface area contributed by atoms with E-state index in [1.54, 1.807) is 6.92 Å². The van der Waals surface area contributed by atoms with E-state index in [4.69, 9.17) is 9.47 Å². The van der Waals surface area contributed by atoms with Gasteiger partial charge in [-0.25, -0.2) is 4.79 Å². The highest BCUT2D eigenvalue weighted by molar-refractivity contribution is 5.94. The lowest BCUT2D eigenvalue weighted by Gasteiger charge is -2.11. The van der Waals surface area contributed by atoms with Crippen LogP contribution in [-0.4, -0.2) is 31.7 Å². The first kappa shape index (κ1) is 15.2. The van der Waals surface area contributed by atoms with E-state index in [2.05, 4.69) is 5.32 Å². The molecule has 0 aliphatic rings. The molecule has 1 aromatic rings. The second-order valence-corrected chi connectivity index (χ2v) is 4.11. The van der Waals surface area contributed by atoms with E-state index in [1.165, 1.54) is 0 Å². The maximum Gasteiger partial charge on any atom is 0.332 e. The van der Waals surface area contributed by atoms with Crippen molar-refractivity contribution in [1.82, 2.24) is 0 Å². The topological polar surface area (TPSA) is 64.6 Å². The Labute approximate surface area is 112 Å². The van der Waals surface area contributed by atoms with Crippen molar-refractivity contribution in [3.8, 4) is 0 Å². The smallest absolute Gasteiger partial charge is 0.332 e. The van der Waals surface area contributed by atoms with E-state index < -0.39 is 5.97 Å². The average Bonchev–Trinajstić information content (AvgIpc) is 2.38. The number of carbonyl (C=O) groups is 2. The number of hydrogen-bond acceptors (Lipinski definition) is 4. The number of nitrogens with one attached hydrogen (secondary N) is 1. The average molecular weight is 265 g/mol. The third kappa shape index (κ3) is 5.09. The molecule has 1 aromatic carbocycles. The third-order valence-electron chi connectivity index (χ3n) is 2.53. The highest BCUT2D eigenvalue weighted by Crippen LogP contribution is 2.19. The van der Waals surface area contributed by atoms with Crippen LogP contribution in [-0.2, 0) is 19.1 Å². The summed E-state index contributed by atoms with van der Waals surface area (Å²) >= 11 is 0. The number of hydrogen-bond donors (Lipinski definition) is 1. The van der Waals surface area contributed by atoms with Crippen LogP contribution in [0.5, 0.6) is 0 Å². The predicted molar refractivity (Wildman–Crippen MR) is 72.0 cm³/mol. The molecule has 1 N–H and O–H groups in total.